The highest BCUT2D eigenvalue weighted by Gasteiger charge is 2.22. The van der Waals surface area contributed by atoms with Crippen molar-refractivity contribution in [1.82, 2.24) is 15.1 Å². The number of nitrogens with zero attached hydrogens (tertiary/aromatic N) is 2. The first kappa shape index (κ1) is 16.3. The second-order valence-corrected chi connectivity index (χ2v) is 6.00. The van der Waals surface area contributed by atoms with E-state index < -0.39 is 0 Å². The average molecular weight is 291 g/mol. The second-order valence-electron chi connectivity index (χ2n) is 6.00. The highest BCUT2D eigenvalue weighted by molar-refractivity contribution is 5.35. The van der Waals surface area contributed by atoms with Crippen LogP contribution in [0.1, 0.15) is 25.5 Å². The standard InChI is InChI=1S/C17H29N3O/c1-5-21-17-9-7-6-8-16(17)14(2)18-12-15-13-19(3)10-11-20(15)4/h6-9,14-15,18H,5,10-13H2,1-4H3. The number of hydrogen-bond donors (Lipinski definition) is 1. The lowest BCUT2D eigenvalue weighted by atomic mass is 10.1. The van der Waals surface area contributed by atoms with Crippen molar-refractivity contribution < 1.29 is 4.74 Å². The van der Waals surface area contributed by atoms with Gasteiger partial charge >= 0.3 is 0 Å². The minimum Gasteiger partial charge on any atom is -0.494 e. The van der Waals surface area contributed by atoms with E-state index in [4.69, 9.17) is 4.74 Å². The molecule has 0 aliphatic carbocycles. The highest BCUT2D eigenvalue weighted by Crippen LogP contribution is 2.24. The number of rotatable bonds is 6. The van der Waals surface area contributed by atoms with Crippen LogP contribution in [0.15, 0.2) is 24.3 Å². The Morgan fingerprint density at radius 1 is 1.29 bits per heavy atom. The molecular formula is C17H29N3O. The summed E-state index contributed by atoms with van der Waals surface area (Å²) in [4.78, 5) is 4.86. The molecule has 1 aromatic rings. The molecule has 0 saturated carbocycles. The maximum absolute atomic E-state index is 5.73. The van der Waals surface area contributed by atoms with Gasteiger partial charge in [-0.1, -0.05) is 18.2 Å². The Balaban J connectivity index is 1.93. The van der Waals surface area contributed by atoms with Gasteiger partial charge in [0, 0.05) is 43.8 Å². The molecule has 0 radical (unpaired) electrons. The van der Waals surface area contributed by atoms with Gasteiger partial charge in [-0.2, -0.15) is 0 Å². The number of para-hydroxylation sites is 1. The van der Waals surface area contributed by atoms with Crippen molar-refractivity contribution in [3.05, 3.63) is 29.8 Å². The van der Waals surface area contributed by atoms with E-state index in [9.17, 15) is 0 Å². The van der Waals surface area contributed by atoms with E-state index in [1.165, 1.54) is 5.56 Å². The molecule has 4 nitrogen and oxygen atoms in total. The zero-order chi connectivity index (χ0) is 15.2. The lowest BCUT2D eigenvalue weighted by Gasteiger charge is -2.38. The summed E-state index contributed by atoms with van der Waals surface area (Å²) in [7, 11) is 4.42. The third-order valence-corrected chi connectivity index (χ3v) is 4.33. The summed E-state index contributed by atoms with van der Waals surface area (Å²) in [6, 6.07) is 9.19. The van der Waals surface area contributed by atoms with Gasteiger partial charge < -0.3 is 15.0 Å². The van der Waals surface area contributed by atoms with Crippen molar-refractivity contribution in [3.63, 3.8) is 0 Å². The Morgan fingerprint density at radius 2 is 2.05 bits per heavy atom. The summed E-state index contributed by atoms with van der Waals surface area (Å²) in [5.74, 6) is 0.995. The number of nitrogens with one attached hydrogen (secondary N) is 1. The van der Waals surface area contributed by atoms with E-state index in [0.717, 1.165) is 31.9 Å². The van der Waals surface area contributed by atoms with Crippen LogP contribution in [0.4, 0.5) is 0 Å². The summed E-state index contributed by atoms with van der Waals surface area (Å²) in [6.07, 6.45) is 0. The maximum Gasteiger partial charge on any atom is 0.124 e. The minimum atomic E-state index is 0.299. The van der Waals surface area contributed by atoms with Crippen LogP contribution in [0.2, 0.25) is 0 Å². The summed E-state index contributed by atoms with van der Waals surface area (Å²) >= 11 is 0. The van der Waals surface area contributed by atoms with Crippen molar-refractivity contribution in [2.75, 3.05) is 46.9 Å². The monoisotopic (exact) mass is 291 g/mol. The Hall–Kier alpha value is -1.10. The van der Waals surface area contributed by atoms with Gasteiger partial charge in [0.2, 0.25) is 0 Å². The SMILES string of the molecule is CCOc1ccccc1C(C)NCC1CN(C)CCN1C. The van der Waals surface area contributed by atoms with E-state index >= 15 is 0 Å². The van der Waals surface area contributed by atoms with Crippen molar-refractivity contribution in [3.8, 4) is 5.75 Å². The van der Waals surface area contributed by atoms with Gasteiger partial charge in [-0.25, -0.2) is 0 Å². The number of piperazine rings is 1. The van der Waals surface area contributed by atoms with Crippen molar-refractivity contribution in [2.45, 2.75) is 25.9 Å². The fourth-order valence-corrected chi connectivity index (χ4v) is 2.87. The molecule has 1 N–H and O–H groups in total. The molecule has 2 rings (SSSR count). The Labute approximate surface area is 129 Å². The van der Waals surface area contributed by atoms with Gasteiger partial charge in [0.25, 0.3) is 0 Å². The van der Waals surface area contributed by atoms with E-state index in [1.54, 1.807) is 0 Å². The molecule has 0 aromatic heterocycles. The molecule has 21 heavy (non-hydrogen) atoms. The number of benzene rings is 1. The summed E-state index contributed by atoms with van der Waals surface area (Å²) in [6.45, 7) is 9.39. The van der Waals surface area contributed by atoms with E-state index in [0.29, 0.717) is 18.7 Å². The molecular weight excluding hydrogens is 262 g/mol. The van der Waals surface area contributed by atoms with Crippen LogP contribution >= 0.6 is 0 Å². The molecule has 1 aliphatic heterocycles. The fraction of sp³-hybridized carbons (Fsp3) is 0.647. The van der Waals surface area contributed by atoms with E-state index in [-0.39, 0.29) is 0 Å². The normalized spacial score (nSPS) is 22.2. The van der Waals surface area contributed by atoms with Crippen molar-refractivity contribution >= 4 is 0 Å². The number of likely N-dealkylation sites (N-methyl/N-ethyl adjacent to an activating group) is 2. The third kappa shape index (κ3) is 4.43. The predicted octanol–water partition coefficient (Wildman–Crippen LogP) is 1.98. The van der Waals surface area contributed by atoms with Crippen LogP contribution in [0.25, 0.3) is 0 Å². The van der Waals surface area contributed by atoms with Gasteiger partial charge in [-0.05, 0) is 34.0 Å². The van der Waals surface area contributed by atoms with Crippen molar-refractivity contribution in [2.24, 2.45) is 0 Å². The highest BCUT2D eigenvalue weighted by atomic mass is 16.5. The predicted molar refractivity (Wildman–Crippen MR) is 87.9 cm³/mol. The first-order valence-electron chi connectivity index (χ1n) is 7.95. The zero-order valence-electron chi connectivity index (χ0n) is 13.8. The van der Waals surface area contributed by atoms with Crippen LogP contribution in [0.3, 0.4) is 0 Å². The second kappa shape index (κ2) is 7.78. The van der Waals surface area contributed by atoms with Gasteiger partial charge in [-0.3, -0.25) is 4.90 Å². The summed E-state index contributed by atoms with van der Waals surface area (Å²) in [5.41, 5.74) is 1.24. The molecule has 0 spiro atoms. The molecule has 1 saturated heterocycles. The molecule has 2 unspecified atom stereocenters. The Kier molecular flexibility index (Phi) is 6.03. The fourth-order valence-electron chi connectivity index (χ4n) is 2.87. The molecule has 1 fully saturated rings. The quantitative estimate of drug-likeness (QED) is 0.867. The smallest absolute Gasteiger partial charge is 0.124 e. The van der Waals surface area contributed by atoms with Crippen LogP contribution in [-0.2, 0) is 0 Å². The maximum atomic E-state index is 5.73. The zero-order valence-corrected chi connectivity index (χ0v) is 13.8. The molecule has 1 aliphatic rings. The summed E-state index contributed by atoms with van der Waals surface area (Å²) in [5, 5.41) is 3.67. The van der Waals surface area contributed by atoms with Crippen LogP contribution in [0, 0.1) is 0 Å². The number of hydrogen-bond acceptors (Lipinski definition) is 4. The molecule has 1 heterocycles. The molecule has 118 valence electrons. The minimum absolute atomic E-state index is 0.299. The lowest BCUT2D eigenvalue weighted by Crippen LogP contribution is -2.53. The van der Waals surface area contributed by atoms with Crippen molar-refractivity contribution in [1.29, 1.82) is 0 Å². The molecule has 0 amide bonds. The third-order valence-electron chi connectivity index (χ3n) is 4.33. The van der Waals surface area contributed by atoms with Crippen LogP contribution in [0.5, 0.6) is 5.75 Å². The summed E-state index contributed by atoms with van der Waals surface area (Å²) < 4.78 is 5.73. The Bertz CT molecular complexity index is 438. The molecule has 4 heteroatoms. The lowest BCUT2D eigenvalue weighted by molar-refractivity contribution is 0.111. The van der Waals surface area contributed by atoms with Gasteiger partial charge in [-0.15, -0.1) is 0 Å². The van der Waals surface area contributed by atoms with Gasteiger partial charge in [0.05, 0.1) is 6.61 Å². The van der Waals surface area contributed by atoms with Crippen LogP contribution in [-0.4, -0.2) is 62.7 Å². The van der Waals surface area contributed by atoms with E-state index in [1.807, 2.05) is 13.0 Å². The molecule has 2 atom stereocenters. The van der Waals surface area contributed by atoms with Gasteiger partial charge in [0.1, 0.15) is 5.75 Å². The number of ether oxygens (including phenoxy) is 1. The van der Waals surface area contributed by atoms with Gasteiger partial charge in [0.15, 0.2) is 0 Å². The molecule has 0 bridgehead atoms. The molecule has 1 aromatic carbocycles. The Morgan fingerprint density at radius 3 is 2.81 bits per heavy atom. The largest absolute Gasteiger partial charge is 0.494 e. The average Bonchev–Trinajstić information content (AvgIpc) is 2.49. The first-order valence-corrected chi connectivity index (χ1v) is 7.95. The van der Waals surface area contributed by atoms with E-state index in [2.05, 4.69) is 54.3 Å². The topological polar surface area (TPSA) is 27.7 Å². The first-order chi connectivity index (χ1) is 10.1. The van der Waals surface area contributed by atoms with Crippen LogP contribution < -0.4 is 10.1 Å².